The predicted octanol–water partition coefficient (Wildman–Crippen LogP) is 3.55. The number of nitrogens with one attached hydrogen (secondary N) is 1. The van der Waals surface area contributed by atoms with Crippen LogP contribution in [0.5, 0.6) is 0 Å². The SMILES string of the molecule is Cc1c(NCCc2cccc(F)c2)nn2c(C(F)(F)F)nnc2c1C. The molecule has 0 aliphatic heterocycles. The first-order valence-electron chi connectivity index (χ1n) is 7.55. The van der Waals surface area contributed by atoms with Crippen molar-refractivity contribution in [2.75, 3.05) is 11.9 Å². The van der Waals surface area contributed by atoms with Gasteiger partial charge in [-0.25, -0.2) is 4.39 Å². The minimum absolute atomic E-state index is 0.0699. The first kappa shape index (κ1) is 17.1. The Morgan fingerprint density at radius 3 is 2.56 bits per heavy atom. The summed E-state index contributed by atoms with van der Waals surface area (Å²) in [5, 5.41) is 13.8. The molecular formula is C16H15F4N5. The van der Waals surface area contributed by atoms with Crippen molar-refractivity contribution in [2.45, 2.75) is 26.4 Å². The zero-order chi connectivity index (χ0) is 18.2. The van der Waals surface area contributed by atoms with E-state index in [2.05, 4.69) is 20.6 Å². The number of hydrogen-bond donors (Lipinski definition) is 1. The lowest BCUT2D eigenvalue weighted by Gasteiger charge is -2.12. The maximum Gasteiger partial charge on any atom is 0.453 e. The summed E-state index contributed by atoms with van der Waals surface area (Å²) in [6.07, 6.45) is -4.14. The fraction of sp³-hybridized carbons (Fsp3) is 0.312. The summed E-state index contributed by atoms with van der Waals surface area (Å²) >= 11 is 0. The van der Waals surface area contributed by atoms with Gasteiger partial charge in [-0.15, -0.1) is 15.3 Å². The molecule has 0 bridgehead atoms. The zero-order valence-corrected chi connectivity index (χ0v) is 13.5. The van der Waals surface area contributed by atoms with Crippen molar-refractivity contribution in [3.8, 4) is 0 Å². The summed E-state index contributed by atoms with van der Waals surface area (Å²) in [6.45, 7) is 3.81. The lowest BCUT2D eigenvalue weighted by atomic mass is 10.1. The lowest BCUT2D eigenvalue weighted by Crippen LogP contribution is -2.16. The molecule has 0 fully saturated rings. The molecule has 3 aromatic rings. The summed E-state index contributed by atoms with van der Waals surface area (Å²) in [5.41, 5.74) is 2.10. The molecule has 0 aliphatic carbocycles. The second-order valence-corrected chi connectivity index (χ2v) is 5.66. The number of alkyl halides is 3. The molecule has 9 heteroatoms. The van der Waals surface area contributed by atoms with Gasteiger partial charge in [-0.3, -0.25) is 0 Å². The van der Waals surface area contributed by atoms with Crippen molar-refractivity contribution >= 4 is 11.5 Å². The maximum atomic E-state index is 13.2. The lowest BCUT2D eigenvalue weighted by molar-refractivity contribution is -0.146. The fourth-order valence-corrected chi connectivity index (χ4v) is 2.49. The minimum Gasteiger partial charge on any atom is -0.368 e. The van der Waals surface area contributed by atoms with Crippen LogP contribution in [0.15, 0.2) is 24.3 Å². The van der Waals surface area contributed by atoms with Crippen molar-refractivity contribution in [1.82, 2.24) is 19.8 Å². The third-order valence-corrected chi connectivity index (χ3v) is 3.94. The van der Waals surface area contributed by atoms with E-state index in [9.17, 15) is 17.6 Å². The molecule has 0 amide bonds. The number of halogens is 4. The second kappa shape index (κ2) is 6.30. The van der Waals surface area contributed by atoms with Crippen molar-refractivity contribution < 1.29 is 17.6 Å². The molecule has 2 aromatic heterocycles. The third kappa shape index (κ3) is 3.40. The molecule has 1 aromatic carbocycles. The summed E-state index contributed by atoms with van der Waals surface area (Å²) in [7, 11) is 0. The van der Waals surface area contributed by atoms with Gasteiger partial charge in [0.15, 0.2) is 5.65 Å². The smallest absolute Gasteiger partial charge is 0.368 e. The average Bonchev–Trinajstić information content (AvgIpc) is 2.96. The van der Waals surface area contributed by atoms with Crippen LogP contribution < -0.4 is 5.32 Å². The highest BCUT2D eigenvalue weighted by molar-refractivity contribution is 5.58. The van der Waals surface area contributed by atoms with Gasteiger partial charge in [0.25, 0.3) is 5.82 Å². The number of aryl methyl sites for hydroxylation is 1. The van der Waals surface area contributed by atoms with Gasteiger partial charge in [-0.1, -0.05) is 12.1 Å². The van der Waals surface area contributed by atoms with Crippen LogP contribution in [0.4, 0.5) is 23.4 Å². The standard InChI is InChI=1S/C16H15F4N5/c1-9-10(2)14-22-23-15(16(18,19)20)25(14)24-13(9)21-7-6-11-4-3-5-12(17)8-11/h3-5,8H,6-7H2,1-2H3,(H,21,24). The van der Waals surface area contributed by atoms with Gasteiger partial charge in [-0.2, -0.15) is 17.7 Å². The van der Waals surface area contributed by atoms with Crippen LogP contribution in [0, 0.1) is 19.7 Å². The Kier molecular flexibility index (Phi) is 4.32. The van der Waals surface area contributed by atoms with E-state index in [1.165, 1.54) is 12.1 Å². The van der Waals surface area contributed by atoms with Gasteiger partial charge >= 0.3 is 6.18 Å². The average molecular weight is 353 g/mol. The van der Waals surface area contributed by atoms with Gasteiger partial charge in [0.2, 0.25) is 0 Å². The van der Waals surface area contributed by atoms with E-state index >= 15 is 0 Å². The maximum absolute atomic E-state index is 13.2. The molecule has 25 heavy (non-hydrogen) atoms. The highest BCUT2D eigenvalue weighted by Crippen LogP contribution is 2.29. The third-order valence-electron chi connectivity index (χ3n) is 3.94. The normalized spacial score (nSPS) is 11.9. The Balaban J connectivity index is 1.87. The summed E-state index contributed by atoms with van der Waals surface area (Å²) < 4.78 is 52.9. The van der Waals surface area contributed by atoms with E-state index in [4.69, 9.17) is 0 Å². The number of nitrogens with zero attached hydrogens (tertiary/aromatic N) is 4. The topological polar surface area (TPSA) is 55.1 Å². The molecule has 1 N–H and O–H groups in total. The zero-order valence-electron chi connectivity index (χ0n) is 13.5. The summed E-state index contributed by atoms with van der Waals surface area (Å²) in [6, 6.07) is 6.15. The number of hydrogen-bond acceptors (Lipinski definition) is 4. The van der Waals surface area contributed by atoms with Crippen molar-refractivity contribution in [3.05, 3.63) is 52.6 Å². The minimum atomic E-state index is -4.65. The van der Waals surface area contributed by atoms with Crippen molar-refractivity contribution in [3.63, 3.8) is 0 Å². The number of fused-ring (bicyclic) bond motifs is 1. The van der Waals surface area contributed by atoms with Gasteiger partial charge in [-0.05, 0) is 43.5 Å². The predicted molar refractivity (Wildman–Crippen MR) is 83.9 cm³/mol. The molecule has 0 saturated heterocycles. The Bertz CT molecular complexity index is 917. The quantitative estimate of drug-likeness (QED) is 0.729. The van der Waals surface area contributed by atoms with Crippen LogP contribution in [0.25, 0.3) is 5.65 Å². The van der Waals surface area contributed by atoms with Gasteiger partial charge in [0, 0.05) is 12.1 Å². The molecule has 0 spiro atoms. The molecule has 0 radical (unpaired) electrons. The van der Waals surface area contributed by atoms with Crippen LogP contribution in [0.3, 0.4) is 0 Å². The summed E-state index contributed by atoms with van der Waals surface area (Å²) in [5.74, 6) is -1.19. The molecule has 0 unspecified atom stereocenters. The first-order chi connectivity index (χ1) is 11.8. The fourth-order valence-electron chi connectivity index (χ4n) is 2.49. The van der Waals surface area contributed by atoms with E-state index in [-0.39, 0.29) is 11.5 Å². The largest absolute Gasteiger partial charge is 0.453 e. The van der Waals surface area contributed by atoms with Crippen molar-refractivity contribution in [2.24, 2.45) is 0 Å². The van der Waals surface area contributed by atoms with E-state index in [1.54, 1.807) is 26.0 Å². The molecule has 5 nitrogen and oxygen atoms in total. The molecular weight excluding hydrogens is 338 g/mol. The van der Waals surface area contributed by atoms with Gasteiger partial charge < -0.3 is 5.32 Å². The Labute approximate surface area is 140 Å². The monoisotopic (exact) mass is 353 g/mol. The Morgan fingerprint density at radius 1 is 1.12 bits per heavy atom. The molecule has 0 aliphatic rings. The van der Waals surface area contributed by atoms with Crippen molar-refractivity contribution in [1.29, 1.82) is 0 Å². The van der Waals surface area contributed by atoms with E-state index in [0.717, 1.165) is 5.56 Å². The van der Waals surface area contributed by atoms with Crippen LogP contribution in [0.1, 0.15) is 22.5 Å². The molecule has 2 heterocycles. The van der Waals surface area contributed by atoms with E-state index in [0.29, 0.717) is 34.4 Å². The van der Waals surface area contributed by atoms with Gasteiger partial charge in [0.1, 0.15) is 11.6 Å². The molecule has 3 rings (SSSR count). The van der Waals surface area contributed by atoms with Crippen LogP contribution in [0.2, 0.25) is 0 Å². The van der Waals surface area contributed by atoms with Crippen LogP contribution in [-0.2, 0) is 12.6 Å². The highest BCUT2D eigenvalue weighted by atomic mass is 19.4. The number of benzene rings is 1. The second-order valence-electron chi connectivity index (χ2n) is 5.66. The number of rotatable bonds is 4. The van der Waals surface area contributed by atoms with E-state index < -0.39 is 12.0 Å². The van der Waals surface area contributed by atoms with Gasteiger partial charge in [0.05, 0.1) is 0 Å². The number of anilines is 1. The Hall–Kier alpha value is -2.71. The van der Waals surface area contributed by atoms with Crippen LogP contribution in [-0.4, -0.2) is 26.4 Å². The summed E-state index contributed by atoms with van der Waals surface area (Å²) in [4.78, 5) is 0. The molecule has 0 saturated carbocycles. The van der Waals surface area contributed by atoms with Crippen LogP contribution >= 0.6 is 0 Å². The number of aromatic nitrogens is 4. The molecule has 0 atom stereocenters. The first-order valence-corrected chi connectivity index (χ1v) is 7.55. The highest BCUT2D eigenvalue weighted by Gasteiger charge is 2.38. The molecule has 132 valence electrons. The van der Waals surface area contributed by atoms with E-state index in [1.807, 2.05) is 0 Å². The Morgan fingerprint density at radius 2 is 1.88 bits per heavy atom.